The number of carboxylic acids is 1. The van der Waals surface area contributed by atoms with Crippen molar-refractivity contribution in [3.05, 3.63) is 63.4 Å². The van der Waals surface area contributed by atoms with Crippen molar-refractivity contribution in [2.45, 2.75) is 59.1 Å². The number of hydrogen-bond acceptors (Lipinski definition) is 2. The zero-order valence-corrected chi connectivity index (χ0v) is 21.9. The van der Waals surface area contributed by atoms with Crippen LogP contribution in [0.5, 0.6) is 0 Å². The fraction of sp³-hybridized carbons (Fsp3) is 0.462. The van der Waals surface area contributed by atoms with Crippen molar-refractivity contribution in [2.75, 3.05) is 5.32 Å². The molecule has 1 amide bonds. The van der Waals surface area contributed by atoms with Gasteiger partial charge in [-0.1, -0.05) is 42.3 Å². The number of benzene rings is 2. The van der Waals surface area contributed by atoms with E-state index in [1.165, 1.54) is 36.4 Å². The summed E-state index contributed by atoms with van der Waals surface area (Å²) in [6, 6.07) is 8.27. The second-order valence-corrected chi connectivity index (χ2v) is 10.8. The van der Waals surface area contributed by atoms with Crippen molar-refractivity contribution in [3.63, 3.8) is 0 Å². The molecule has 0 saturated heterocycles. The van der Waals surface area contributed by atoms with E-state index in [1.807, 2.05) is 0 Å². The lowest BCUT2D eigenvalue weighted by Gasteiger charge is -2.26. The molecule has 1 aliphatic rings. The maximum absolute atomic E-state index is 14.9. The third-order valence-electron chi connectivity index (χ3n) is 5.80. The number of nitrogens with one attached hydrogen (secondary N) is 1. The summed E-state index contributed by atoms with van der Waals surface area (Å²) in [7, 11) is 0. The highest BCUT2D eigenvalue weighted by Gasteiger charge is 2.45. The molecule has 1 saturated carbocycles. The smallest absolute Gasteiger partial charge is 0.392 e. The fourth-order valence-electron chi connectivity index (χ4n) is 3.23. The molecular weight excluding hydrogens is 521 g/mol. The molecule has 0 heterocycles. The number of alkyl halides is 3. The number of halogens is 6. The first-order valence-corrected chi connectivity index (χ1v) is 12.1. The van der Waals surface area contributed by atoms with Crippen molar-refractivity contribution < 1.29 is 32.3 Å². The van der Waals surface area contributed by atoms with Crippen LogP contribution in [0.3, 0.4) is 0 Å². The van der Waals surface area contributed by atoms with Gasteiger partial charge in [0.2, 0.25) is 5.91 Å². The van der Waals surface area contributed by atoms with Gasteiger partial charge in [0.1, 0.15) is 0 Å². The number of carbonyl (C=O) groups is 2. The molecule has 2 aromatic rings. The summed E-state index contributed by atoms with van der Waals surface area (Å²) in [5, 5.41) is 11.2. The average Bonchev–Trinajstić information content (AvgIpc) is 3.58. The van der Waals surface area contributed by atoms with Crippen LogP contribution in [-0.2, 0) is 16.0 Å². The van der Waals surface area contributed by atoms with Gasteiger partial charge in [0.05, 0.1) is 22.9 Å². The van der Waals surface area contributed by atoms with E-state index >= 15 is 0 Å². The van der Waals surface area contributed by atoms with E-state index in [0.717, 1.165) is 19.8 Å². The Hall–Kier alpha value is -2.32. The molecule has 0 spiro atoms. The zero-order chi connectivity index (χ0) is 27.4. The normalized spacial score (nSPS) is 15.4. The summed E-state index contributed by atoms with van der Waals surface area (Å²) in [5.74, 6) is -5.60. The van der Waals surface area contributed by atoms with Crippen LogP contribution in [0.4, 0.5) is 23.2 Å². The second kappa shape index (κ2) is 11.8. The van der Waals surface area contributed by atoms with Crippen LogP contribution < -0.4 is 5.32 Å². The molecule has 0 aromatic heterocycles. The SMILES string of the molecule is CC(C)(C)C(=O)O.C[C@H]([C@H](C(=O)Nc1ccc(Cl)c(CC2CC2)c1F)c1ccc(Cl)cc1)C(F)(F)F. The van der Waals surface area contributed by atoms with Gasteiger partial charge in [0.25, 0.3) is 0 Å². The number of carboxylic acid groups (broad SMARTS) is 1. The summed E-state index contributed by atoms with van der Waals surface area (Å²) in [4.78, 5) is 22.8. The van der Waals surface area contributed by atoms with Crippen LogP contribution in [0.25, 0.3) is 0 Å². The molecule has 1 aliphatic carbocycles. The van der Waals surface area contributed by atoms with Crippen LogP contribution in [0.15, 0.2) is 36.4 Å². The molecule has 2 N–H and O–H groups in total. The number of aliphatic carboxylic acids is 1. The molecule has 1 fully saturated rings. The predicted octanol–water partition coefficient (Wildman–Crippen LogP) is 8.12. The van der Waals surface area contributed by atoms with Gasteiger partial charge in [-0.15, -0.1) is 0 Å². The van der Waals surface area contributed by atoms with E-state index in [1.54, 1.807) is 20.8 Å². The highest BCUT2D eigenvalue weighted by Crippen LogP contribution is 2.40. The lowest BCUT2D eigenvalue weighted by molar-refractivity contribution is -0.178. The number of hydrogen-bond donors (Lipinski definition) is 2. The lowest BCUT2D eigenvalue weighted by atomic mass is 9.85. The highest BCUT2D eigenvalue weighted by atomic mass is 35.5. The number of anilines is 1. The third-order valence-corrected chi connectivity index (χ3v) is 6.41. The Balaban J connectivity index is 0.000000572. The van der Waals surface area contributed by atoms with Crippen LogP contribution in [0, 0.1) is 23.1 Å². The second-order valence-electron chi connectivity index (χ2n) is 9.94. The monoisotopic (exact) mass is 549 g/mol. The number of rotatable bonds is 6. The first-order chi connectivity index (χ1) is 16.5. The molecule has 0 radical (unpaired) electrons. The minimum Gasteiger partial charge on any atom is -0.481 e. The molecule has 3 rings (SSSR count). The molecule has 36 heavy (non-hydrogen) atoms. The molecule has 198 valence electrons. The van der Waals surface area contributed by atoms with Crippen LogP contribution in [0.2, 0.25) is 10.0 Å². The number of amides is 1. The fourth-order valence-corrected chi connectivity index (χ4v) is 3.58. The van der Waals surface area contributed by atoms with Crippen LogP contribution in [0.1, 0.15) is 57.6 Å². The van der Waals surface area contributed by atoms with Crippen LogP contribution in [-0.4, -0.2) is 23.2 Å². The van der Waals surface area contributed by atoms with E-state index in [0.29, 0.717) is 17.4 Å². The topological polar surface area (TPSA) is 66.4 Å². The summed E-state index contributed by atoms with van der Waals surface area (Å²) in [6.07, 6.45) is -2.21. The van der Waals surface area contributed by atoms with Gasteiger partial charge in [0, 0.05) is 15.6 Å². The molecular formula is C26H29Cl2F4NO3. The predicted molar refractivity (Wildman–Crippen MR) is 133 cm³/mol. The van der Waals surface area contributed by atoms with E-state index in [4.69, 9.17) is 28.3 Å². The molecule has 0 bridgehead atoms. The van der Waals surface area contributed by atoms with Crippen molar-refractivity contribution in [2.24, 2.45) is 17.3 Å². The first-order valence-electron chi connectivity index (χ1n) is 11.4. The summed E-state index contributed by atoms with van der Waals surface area (Å²) in [5.41, 5.74) is -0.341. The van der Waals surface area contributed by atoms with Gasteiger partial charge in [-0.2, -0.15) is 13.2 Å². The van der Waals surface area contributed by atoms with Crippen molar-refractivity contribution in [3.8, 4) is 0 Å². The van der Waals surface area contributed by atoms with Crippen LogP contribution >= 0.6 is 23.2 Å². The van der Waals surface area contributed by atoms with Gasteiger partial charge in [0.15, 0.2) is 5.82 Å². The van der Waals surface area contributed by atoms with E-state index in [2.05, 4.69) is 5.32 Å². The molecule has 0 aliphatic heterocycles. The van der Waals surface area contributed by atoms with Gasteiger partial charge < -0.3 is 10.4 Å². The Morgan fingerprint density at radius 2 is 1.58 bits per heavy atom. The largest absolute Gasteiger partial charge is 0.481 e. The van der Waals surface area contributed by atoms with Gasteiger partial charge in [-0.25, -0.2) is 4.39 Å². The Bertz CT molecular complexity index is 1080. The highest BCUT2D eigenvalue weighted by molar-refractivity contribution is 6.31. The minimum atomic E-state index is -4.61. The Morgan fingerprint density at radius 1 is 1.06 bits per heavy atom. The molecule has 4 nitrogen and oxygen atoms in total. The van der Waals surface area contributed by atoms with Gasteiger partial charge in [-0.3, -0.25) is 9.59 Å². The third kappa shape index (κ3) is 8.37. The summed E-state index contributed by atoms with van der Waals surface area (Å²) < 4.78 is 55.1. The van der Waals surface area contributed by atoms with Crippen molar-refractivity contribution in [1.29, 1.82) is 0 Å². The maximum atomic E-state index is 14.9. The average molecular weight is 550 g/mol. The molecule has 0 unspecified atom stereocenters. The standard InChI is InChI=1S/C21H19Cl2F4NO.C5H10O2/c1-11(21(25,26)27)18(13-4-6-14(22)7-5-13)20(29)28-17-9-8-16(23)15(19(17)24)10-12-2-3-12;1-5(2,3)4(6)7/h4-9,11-12,18H,2-3,10H2,1H3,(H,28,29);1-3H3,(H,6,7)/t11-,18+;/m1./s1. The van der Waals surface area contributed by atoms with Gasteiger partial charge in [-0.05, 0) is 75.8 Å². The maximum Gasteiger partial charge on any atom is 0.392 e. The summed E-state index contributed by atoms with van der Waals surface area (Å²) >= 11 is 11.9. The number of carbonyl (C=O) groups excluding carboxylic acids is 1. The summed E-state index contributed by atoms with van der Waals surface area (Å²) in [6.45, 7) is 5.91. The van der Waals surface area contributed by atoms with E-state index in [-0.39, 0.29) is 21.8 Å². The minimum absolute atomic E-state index is 0.143. The Kier molecular flexibility index (Phi) is 9.82. The molecule has 2 aromatic carbocycles. The molecule has 2 atom stereocenters. The van der Waals surface area contributed by atoms with Crippen molar-refractivity contribution in [1.82, 2.24) is 0 Å². The van der Waals surface area contributed by atoms with Crippen molar-refractivity contribution >= 4 is 40.8 Å². The molecule has 10 heteroatoms. The van der Waals surface area contributed by atoms with Gasteiger partial charge >= 0.3 is 12.1 Å². The zero-order valence-electron chi connectivity index (χ0n) is 20.3. The quantitative estimate of drug-likeness (QED) is 0.357. The lowest BCUT2D eigenvalue weighted by Crippen LogP contribution is -2.34. The first kappa shape index (κ1) is 29.9. The Morgan fingerprint density at radius 3 is 2.03 bits per heavy atom. The Labute approximate surface area is 218 Å². The van der Waals surface area contributed by atoms with E-state index < -0.39 is 41.1 Å². The van der Waals surface area contributed by atoms with E-state index in [9.17, 15) is 27.2 Å².